The van der Waals surface area contributed by atoms with Crippen LogP contribution in [0.1, 0.15) is 50.6 Å². The molecule has 4 atom stereocenters. The Balaban J connectivity index is 1.21. The van der Waals surface area contributed by atoms with Gasteiger partial charge < -0.3 is 24.6 Å². The molecule has 7 rings (SSSR count). The van der Waals surface area contributed by atoms with Gasteiger partial charge in [-0.05, 0) is 50.7 Å². The second-order valence-electron chi connectivity index (χ2n) is 13.7. The van der Waals surface area contributed by atoms with Crippen LogP contribution in [0.5, 0.6) is 11.5 Å². The van der Waals surface area contributed by atoms with Crippen LogP contribution in [0.2, 0.25) is 5.02 Å². The standard InChI is InChI=1S/C34H36ClF3N6O7S2/c1-43-12-6-4-3-5-7-18-15-33(18,31(46)42-53(48,49)20-8-9-20)41-32(47)44-16-19(13-23(44)30(43)45)51-25-14-22(29-40-26(17-52-29)34(36,37)38)39-28-21(25)10-11-24(50-2)27(28)35/h5,7,10-11,14,17-20,23H,3-4,6,8-9,12-13,15-16H2,1-2H3,(H,41,47)(H,42,46)/t18-,19+,23+,33-/m1/s1. The minimum Gasteiger partial charge on any atom is -0.495 e. The number of fused-ring (bicyclic) bond motifs is 3. The zero-order chi connectivity index (χ0) is 37.9. The molecule has 4 heterocycles. The molecule has 2 saturated carbocycles. The summed E-state index contributed by atoms with van der Waals surface area (Å²) in [6.07, 6.45) is 1.47. The number of nitrogens with one attached hydrogen (secondary N) is 2. The van der Waals surface area contributed by atoms with Gasteiger partial charge in [0.1, 0.15) is 44.9 Å². The average molecular weight is 797 g/mol. The smallest absolute Gasteiger partial charge is 0.434 e. The first-order valence-corrected chi connectivity index (χ1v) is 19.8. The molecule has 284 valence electrons. The number of aromatic nitrogens is 2. The lowest BCUT2D eigenvalue weighted by Crippen LogP contribution is -2.57. The van der Waals surface area contributed by atoms with Crippen molar-refractivity contribution >= 4 is 61.7 Å². The molecule has 19 heteroatoms. The molecule has 4 amide bonds. The number of amides is 4. The molecule has 2 aliphatic heterocycles. The molecule has 2 aromatic heterocycles. The summed E-state index contributed by atoms with van der Waals surface area (Å²) in [6.45, 7) is 0.318. The molecule has 3 aromatic rings. The number of allylic oxidation sites excluding steroid dienone is 1. The number of sulfonamides is 1. The fourth-order valence-electron chi connectivity index (χ4n) is 6.78. The minimum atomic E-state index is -4.67. The highest BCUT2D eigenvalue weighted by molar-refractivity contribution is 7.91. The van der Waals surface area contributed by atoms with Crippen molar-refractivity contribution in [3.8, 4) is 22.2 Å². The summed E-state index contributed by atoms with van der Waals surface area (Å²) in [4.78, 5) is 52.7. The largest absolute Gasteiger partial charge is 0.495 e. The van der Waals surface area contributed by atoms with Gasteiger partial charge in [-0.1, -0.05) is 23.8 Å². The number of pyridine rings is 1. The van der Waals surface area contributed by atoms with E-state index in [1.54, 1.807) is 24.1 Å². The number of alkyl halides is 3. The summed E-state index contributed by atoms with van der Waals surface area (Å²) in [5.74, 6) is -1.20. The lowest BCUT2D eigenvalue weighted by atomic mass is 10.1. The predicted molar refractivity (Wildman–Crippen MR) is 189 cm³/mol. The van der Waals surface area contributed by atoms with E-state index < -0.39 is 62.7 Å². The van der Waals surface area contributed by atoms with Crippen LogP contribution in [0.15, 0.2) is 35.7 Å². The zero-order valence-corrected chi connectivity index (χ0v) is 31.0. The first-order valence-electron chi connectivity index (χ1n) is 17.0. The summed E-state index contributed by atoms with van der Waals surface area (Å²) >= 11 is 7.37. The van der Waals surface area contributed by atoms with Crippen LogP contribution in [0, 0.1) is 5.92 Å². The molecule has 4 aliphatic rings. The molecule has 1 saturated heterocycles. The fourth-order valence-corrected chi connectivity index (χ4v) is 9.21. The van der Waals surface area contributed by atoms with Gasteiger partial charge in [0, 0.05) is 42.8 Å². The number of likely N-dealkylation sites (N-methyl/N-ethyl adjacent to an activating group) is 1. The van der Waals surface area contributed by atoms with Crippen molar-refractivity contribution in [2.45, 2.75) is 74.1 Å². The number of rotatable bonds is 7. The number of carbonyl (C=O) groups is 3. The second-order valence-corrected chi connectivity index (χ2v) is 16.9. The van der Waals surface area contributed by atoms with E-state index in [-0.39, 0.29) is 58.0 Å². The third-order valence-corrected chi connectivity index (χ3v) is 13.0. The van der Waals surface area contributed by atoms with Gasteiger partial charge in [0.2, 0.25) is 15.9 Å². The van der Waals surface area contributed by atoms with Gasteiger partial charge in [-0.25, -0.2) is 23.2 Å². The molecule has 2 aliphatic carbocycles. The Morgan fingerprint density at radius 1 is 1.17 bits per heavy atom. The second kappa shape index (κ2) is 13.9. The predicted octanol–water partition coefficient (Wildman–Crippen LogP) is 5.14. The first-order chi connectivity index (χ1) is 25.1. The number of urea groups is 1. The molecule has 53 heavy (non-hydrogen) atoms. The van der Waals surface area contributed by atoms with Crippen LogP contribution < -0.4 is 19.5 Å². The number of halogens is 4. The average Bonchev–Trinajstić information content (AvgIpc) is 3.98. The van der Waals surface area contributed by atoms with Gasteiger partial charge in [-0.15, -0.1) is 11.3 Å². The Morgan fingerprint density at radius 3 is 2.64 bits per heavy atom. The maximum Gasteiger partial charge on any atom is 0.434 e. The van der Waals surface area contributed by atoms with E-state index >= 15 is 0 Å². The molecule has 13 nitrogen and oxygen atoms in total. The van der Waals surface area contributed by atoms with Crippen molar-refractivity contribution < 1.29 is 45.4 Å². The van der Waals surface area contributed by atoms with Crippen molar-refractivity contribution in [1.29, 1.82) is 0 Å². The highest BCUT2D eigenvalue weighted by atomic mass is 35.5. The summed E-state index contributed by atoms with van der Waals surface area (Å²) in [5.41, 5.74) is -2.39. The lowest BCUT2D eigenvalue weighted by molar-refractivity contribution is -0.140. The van der Waals surface area contributed by atoms with Crippen molar-refractivity contribution in [2.24, 2.45) is 5.92 Å². The summed E-state index contributed by atoms with van der Waals surface area (Å²) < 4.78 is 79.8. The SMILES string of the molecule is COc1ccc2c(O[C@H]3C[C@H]4C(=O)N(C)CCCCC=C[C@@H]5C[C@@]5(C(=O)NS(=O)(=O)C5CC5)NC(=O)N4C3)cc(-c3nc(C(F)(F)F)cs3)nc2c1Cl. The molecular formula is C34H36ClF3N6O7S2. The number of methoxy groups -OCH3 is 1. The summed E-state index contributed by atoms with van der Waals surface area (Å²) in [6, 6.07) is 2.89. The third kappa shape index (κ3) is 7.36. The van der Waals surface area contributed by atoms with E-state index in [9.17, 15) is 36.0 Å². The van der Waals surface area contributed by atoms with E-state index in [0.717, 1.165) is 23.1 Å². The van der Waals surface area contributed by atoms with Crippen LogP contribution in [-0.2, 0) is 25.8 Å². The highest BCUT2D eigenvalue weighted by Crippen LogP contribution is 2.46. The van der Waals surface area contributed by atoms with Crippen molar-refractivity contribution in [2.75, 3.05) is 27.2 Å². The minimum absolute atomic E-state index is 0.0354. The Labute approximate surface area is 311 Å². The molecule has 0 unspecified atom stereocenters. The maximum atomic E-state index is 14.1. The number of hydrogen-bond acceptors (Lipinski definition) is 10. The third-order valence-electron chi connectivity index (χ3n) is 9.99. The quantitative estimate of drug-likeness (QED) is 0.309. The number of ether oxygens (including phenoxy) is 2. The van der Waals surface area contributed by atoms with Gasteiger partial charge in [0.15, 0.2) is 5.69 Å². The molecule has 3 fully saturated rings. The van der Waals surface area contributed by atoms with Crippen LogP contribution >= 0.6 is 22.9 Å². The summed E-state index contributed by atoms with van der Waals surface area (Å²) in [5, 5.41) is 3.46. The molecule has 1 aromatic carbocycles. The molecular weight excluding hydrogens is 761 g/mol. The van der Waals surface area contributed by atoms with Gasteiger partial charge in [-0.3, -0.25) is 14.3 Å². The van der Waals surface area contributed by atoms with Crippen LogP contribution in [0.3, 0.4) is 0 Å². The Morgan fingerprint density at radius 2 is 1.94 bits per heavy atom. The van der Waals surface area contributed by atoms with E-state index in [2.05, 4.69) is 20.0 Å². The number of thiazole rings is 1. The summed E-state index contributed by atoms with van der Waals surface area (Å²) in [7, 11) is -0.862. The Hall–Kier alpha value is -4.16. The fraction of sp³-hybridized carbons (Fsp3) is 0.500. The van der Waals surface area contributed by atoms with E-state index in [1.165, 1.54) is 18.1 Å². The van der Waals surface area contributed by atoms with Gasteiger partial charge >= 0.3 is 12.2 Å². The molecule has 2 N–H and O–H groups in total. The van der Waals surface area contributed by atoms with Crippen LogP contribution in [-0.4, -0.2) is 96.2 Å². The van der Waals surface area contributed by atoms with E-state index in [0.29, 0.717) is 37.6 Å². The maximum absolute atomic E-state index is 14.1. The van der Waals surface area contributed by atoms with Gasteiger partial charge in [-0.2, -0.15) is 13.2 Å². The number of nitrogens with zero attached hydrogens (tertiary/aromatic N) is 4. The molecule has 0 spiro atoms. The van der Waals surface area contributed by atoms with Crippen LogP contribution in [0.25, 0.3) is 21.6 Å². The molecule has 0 radical (unpaired) electrons. The lowest BCUT2D eigenvalue weighted by Gasteiger charge is -2.30. The normalized spacial score (nSPS) is 25.4. The zero-order valence-electron chi connectivity index (χ0n) is 28.6. The van der Waals surface area contributed by atoms with Crippen molar-refractivity contribution in [1.82, 2.24) is 29.8 Å². The monoisotopic (exact) mass is 796 g/mol. The van der Waals surface area contributed by atoms with Crippen molar-refractivity contribution in [3.05, 3.63) is 46.4 Å². The number of benzene rings is 1. The first kappa shape index (κ1) is 37.2. The molecule has 0 bridgehead atoms. The Bertz CT molecular complexity index is 2110. The van der Waals surface area contributed by atoms with Gasteiger partial charge in [0.25, 0.3) is 5.91 Å². The highest BCUT2D eigenvalue weighted by Gasteiger charge is 2.62. The Kier molecular flexibility index (Phi) is 9.76. The van der Waals surface area contributed by atoms with E-state index in [1.807, 2.05) is 12.2 Å². The van der Waals surface area contributed by atoms with Gasteiger partial charge in [0.05, 0.1) is 24.4 Å². The number of carbonyl (C=O) groups excluding carboxylic acids is 3. The van der Waals surface area contributed by atoms with Crippen LogP contribution in [0.4, 0.5) is 18.0 Å². The van der Waals surface area contributed by atoms with Crippen molar-refractivity contribution in [3.63, 3.8) is 0 Å². The number of hydrogen-bond donors (Lipinski definition) is 2. The van der Waals surface area contributed by atoms with E-state index in [4.69, 9.17) is 21.1 Å². The topological polar surface area (TPSA) is 160 Å².